The molecule has 1 aromatic heterocycles. The van der Waals surface area contributed by atoms with Crippen molar-refractivity contribution in [3.05, 3.63) is 89.2 Å². The molecule has 0 unspecified atom stereocenters. The van der Waals surface area contributed by atoms with Crippen molar-refractivity contribution in [3.8, 4) is 0 Å². The Morgan fingerprint density at radius 2 is 1.61 bits per heavy atom. The first-order valence-electron chi connectivity index (χ1n) is 10.4. The number of para-hydroxylation sites is 1. The number of rotatable bonds is 4. The van der Waals surface area contributed by atoms with Gasteiger partial charge in [-0.2, -0.15) is 0 Å². The number of hydrogen-bond donors (Lipinski definition) is 1. The number of hydrogen-bond acceptors (Lipinski definition) is 4. The van der Waals surface area contributed by atoms with Gasteiger partial charge >= 0.3 is 0 Å². The molecule has 1 saturated heterocycles. The fraction of sp³-hybridized carbons (Fsp3) is 0.240. The third-order valence-electron chi connectivity index (χ3n) is 5.62. The molecule has 0 atom stereocenters. The molecule has 2 heterocycles. The number of benzene rings is 2. The second kappa shape index (κ2) is 9.00. The summed E-state index contributed by atoms with van der Waals surface area (Å²) < 4.78 is 0. The van der Waals surface area contributed by atoms with E-state index in [4.69, 9.17) is 0 Å². The zero-order valence-electron chi connectivity index (χ0n) is 17.8. The Bertz CT molecular complexity index is 1090. The molecule has 1 fully saturated rings. The van der Waals surface area contributed by atoms with Gasteiger partial charge in [-0.1, -0.05) is 24.3 Å². The van der Waals surface area contributed by atoms with Gasteiger partial charge in [0.15, 0.2) is 0 Å². The van der Waals surface area contributed by atoms with E-state index in [-0.39, 0.29) is 11.8 Å². The average Bonchev–Trinajstić information content (AvgIpc) is 2.80. The van der Waals surface area contributed by atoms with Crippen LogP contribution in [0.2, 0.25) is 0 Å². The van der Waals surface area contributed by atoms with Crippen LogP contribution in [0.25, 0.3) is 0 Å². The second-order valence-electron chi connectivity index (χ2n) is 7.81. The third kappa shape index (κ3) is 4.58. The number of amides is 2. The van der Waals surface area contributed by atoms with E-state index in [1.165, 1.54) is 11.3 Å². The summed E-state index contributed by atoms with van der Waals surface area (Å²) in [6.07, 6.45) is 3.15. The number of carbonyl (C=O) groups excluding carboxylic acids is 2. The lowest BCUT2D eigenvalue weighted by Gasteiger charge is -2.36. The lowest BCUT2D eigenvalue weighted by Crippen LogP contribution is -2.49. The summed E-state index contributed by atoms with van der Waals surface area (Å²) in [6, 6.07) is 17.3. The van der Waals surface area contributed by atoms with Crippen LogP contribution < -0.4 is 10.2 Å². The Hall–Kier alpha value is -3.67. The molecule has 31 heavy (non-hydrogen) atoms. The molecule has 2 aromatic carbocycles. The molecule has 0 bridgehead atoms. The maximum atomic E-state index is 13.3. The van der Waals surface area contributed by atoms with Crippen LogP contribution in [0, 0.1) is 13.8 Å². The predicted molar refractivity (Wildman–Crippen MR) is 123 cm³/mol. The summed E-state index contributed by atoms with van der Waals surface area (Å²) in [5, 5.41) is 2.93. The summed E-state index contributed by atoms with van der Waals surface area (Å²) in [5.74, 6) is -0.312. The number of piperazine rings is 1. The molecule has 6 heteroatoms. The molecule has 0 saturated carbocycles. The highest BCUT2D eigenvalue weighted by molar-refractivity contribution is 6.09. The topological polar surface area (TPSA) is 65.5 Å². The lowest BCUT2D eigenvalue weighted by molar-refractivity contribution is 0.0747. The van der Waals surface area contributed by atoms with Crippen molar-refractivity contribution in [1.82, 2.24) is 9.88 Å². The molecule has 2 amide bonds. The van der Waals surface area contributed by atoms with Gasteiger partial charge in [-0.25, -0.2) is 0 Å². The van der Waals surface area contributed by atoms with Crippen molar-refractivity contribution < 1.29 is 9.59 Å². The van der Waals surface area contributed by atoms with Gasteiger partial charge in [0.05, 0.1) is 11.3 Å². The van der Waals surface area contributed by atoms with Gasteiger partial charge in [0, 0.05) is 49.8 Å². The number of pyridine rings is 1. The Labute approximate surface area is 182 Å². The van der Waals surface area contributed by atoms with E-state index in [0.29, 0.717) is 29.9 Å². The van der Waals surface area contributed by atoms with E-state index in [2.05, 4.69) is 46.4 Å². The lowest BCUT2D eigenvalue weighted by atomic mass is 10.1. The van der Waals surface area contributed by atoms with Crippen LogP contribution in [0.3, 0.4) is 0 Å². The van der Waals surface area contributed by atoms with Gasteiger partial charge in [0.1, 0.15) is 0 Å². The quantitative estimate of drug-likeness (QED) is 0.703. The molecular weight excluding hydrogens is 388 g/mol. The standard InChI is InChI=1S/C25H26N4O2/c1-18-5-3-7-21(17-18)28-13-15-29(16-14-28)25(31)22-8-4-6-19(2)23(22)27-24(30)20-9-11-26-12-10-20/h3-12,17H,13-16H2,1-2H3,(H,27,30). The smallest absolute Gasteiger partial charge is 0.256 e. The maximum absolute atomic E-state index is 13.3. The molecule has 0 aliphatic carbocycles. The molecule has 1 aliphatic heterocycles. The number of carbonyl (C=O) groups is 2. The van der Waals surface area contributed by atoms with Crippen molar-refractivity contribution in [2.24, 2.45) is 0 Å². The summed E-state index contributed by atoms with van der Waals surface area (Å²) >= 11 is 0. The number of anilines is 2. The van der Waals surface area contributed by atoms with Crippen LogP contribution in [0.1, 0.15) is 31.8 Å². The Kier molecular flexibility index (Phi) is 5.98. The zero-order valence-corrected chi connectivity index (χ0v) is 17.8. The van der Waals surface area contributed by atoms with Crippen LogP contribution in [-0.4, -0.2) is 47.9 Å². The number of nitrogens with one attached hydrogen (secondary N) is 1. The van der Waals surface area contributed by atoms with Crippen molar-refractivity contribution in [1.29, 1.82) is 0 Å². The Balaban J connectivity index is 1.49. The molecular formula is C25H26N4O2. The van der Waals surface area contributed by atoms with E-state index >= 15 is 0 Å². The van der Waals surface area contributed by atoms with Gasteiger partial charge in [-0.3, -0.25) is 14.6 Å². The first-order valence-corrected chi connectivity index (χ1v) is 10.4. The monoisotopic (exact) mass is 414 g/mol. The number of nitrogens with zero attached hydrogens (tertiary/aromatic N) is 3. The normalized spacial score (nSPS) is 13.7. The zero-order chi connectivity index (χ0) is 21.8. The van der Waals surface area contributed by atoms with Gasteiger partial charge < -0.3 is 15.1 Å². The minimum atomic E-state index is -0.255. The molecule has 1 aliphatic rings. The van der Waals surface area contributed by atoms with Crippen LogP contribution in [0.15, 0.2) is 67.0 Å². The molecule has 1 N–H and O–H groups in total. The van der Waals surface area contributed by atoms with Gasteiger partial charge in [-0.15, -0.1) is 0 Å². The molecule has 6 nitrogen and oxygen atoms in total. The molecule has 0 radical (unpaired) electrons. The summed E-state index contributed by atoms with van der Waals surface area (Å²) in [4.78, 5) is 34.1. The molecule has 4 rings (SSSR count). The highest BCUT2D eigenvalue weighted by Crippen LogP contribution is 2.25. The van der Waals surface area contributed by atoms with Crippen molar-refractivity contribution in [2.45, 2.75) is 13.8 Å². The van der Waals surface area contributed by atoms with E-state index < -0.39 is 0 Å². The van der Waals surface area contributed by atoms with Gasteiger partial charge in [-0.05, 0) is 55.3 Å². The summed E-state index contributed by atoms with van der Waals surface area (Å²) in [7, 11) is 0. The van der Waals surface area contributed by atoms with Crippen molar-refractivity contribution in [2.75, 3.05) is 36.4 Å². The van der Waals surface area contributed by atoms with Crippen molar-refractivity contribution >= 4 is 23.2 Å². The average molecular weight is 415 g/mol. The van der Waals surface area contributed by atoms with E-state index in [0.717, 1.165) is 18.7 Å². The second-order valence-corrected chi connectivity index (χ2v) is 7.81. The minimum absolute atomic E-state index is 0.0578. The largest absolute Gasteiger partial charge is 0.368 e. The van der Waals surface area contributed by atoms with E-state index in [9.17, 15) is 9.59 Å². The Morgan fingerprint density at radius 1 is 0.903 bits per heavy atom. The van der Waals surface area contributed by atoms with E-state index in [1.807, 2.05) is 24.0 Å². The fourth-order valence-electron chi connectivity index (χ4n) is 3.86. The highest BCUT2D eigenvalue weighted by Gasteiger charge is 2.25. The first kappa shape index (κ1) is 20.6. The van der Waals surface area contributed by atoms with Gasteiger partial charge in [0.25, 0.3) is 11.8 Å². The fourth-order valence-corrected chi connectivity index (χ4v) is 3.86. The SMILES string of the molecule is Cc1cccc(N2CCN(C(=O)c3cccc(C)c3NC(=O)c3ccncc3)CC2)c1. The van der Waals surface area contributed by atoms with Crippen LogP contribution in [0.4, 0.5) is 11.4 Å². The van der Waals surface area contributed by atoms with Crippen LogP contribution in [0.5, 0.6) is 0 Å². The number of aromatic nitrogens is 1. The van der Waals surface area contributed by atoms with Crippen molar-refractivity contribution in [3.63, 3.8) is 0 Å². The van der Waals surface area contributed by atoms with E-state index in [1.54, 1.807) is 30.6 Å². The minimum Gasteiger partial charge on any atom is -0.368 e. The highest BCUT2D eigenvalue weighted by atomic mass is 16.2. The van der Waals surface area contributed by atoms with Gasteiger partial charge in [0.2, 0.25) is 0 Å². The maximum Gasteiger partial charge on any atom is 0.256 e. The third-order valence-corrected chi connectivity index (χ3v) is 5.62. The van der Waals surface area contributed by atoms with Crippen LogP contribution in [-0.2, 0) is 0 Å². The Morgan fingerprint density at radius 3 is 2.32 bits per heavy atom. The summed E-state index contributed by atoms with van der Waals surface area (Å²) in [6.45, 7) is 6.81. The molecule has 158 valence electrons. The first-order chi connectivity index (χ1) is 15.0. The number of aryl methyl sites for hydroxylation is 2. The summed E-state index contributed by atoms with van der Waals surface area (Å²) in [5.41, 5.74) is 4.86. The van der Waals surface area contributed by atoms with Crippen LogP contribution >= 0.6 is 0 Å². The molecule has 3 aromatic rings. The predicted octanol–water partition coefficient (Wildman–Crippen LogP) is 3.91. The molecule has 0 spiro atoms.